The molecule has 0 atom stereocenters. The van der Waals surface area contributed by atoms with E-state index in [9.17, 15) is 5.11 Å². The van der Waals surface area contributed by atoms with Crippen molar-refractivity contribution in [2.24, 2.45) is 0 Å². The minimum absolute atomic E-state index is 0.274. The first-order chi connectivity index (χ1) is 14.5. The van der Waals surface area contributed by atoms with E-state index in [2.05, 4.69) is 55.1 Å². The van der Waals surface area contributed by atoms with Crippen molar-refractivity contribution in [1.82, 2.24) is 4.90 Å². The Labute approximate surface area is 180 Å². The van der Waals surface area contributed by atoms with Gasteiger partial charge in [-0.15, -0.1) is 0 Å². The maximum Gasteiger partial charge on any atom is 0.119 e. The van der Waals surface area contributed by atoms with Crippen molar-refractivity contribution in [2.45, 2.75) is 20.3 Å². The molecular formula is C27H31NO2. The third kappa shape index (κ3) is 5.52. The van der Waals surface area contributed by atoms with Crippen LogP contribution >= 0.6 is 0 Å². The highest BCUT2D eigenvalue weighted by Gasteiger charge is 2.13. The standard InChI is InChI=1S/C27H31NO2/c1-5-26(21-8-6-20(2)7-9-21)27(22-10-14-24(29)15-11-22)23-12-16-25(17-13-23)30-19-18-28(3)4/h6-17,29H,5,18-19H2,1-4H3/b27-26-. The number of aryl methyl sites for hydroxylation is 1. The van der Waals surface area contributed by atoms with Crippen LogP contribution in [0.3, 0.4) is 0 Å². The Hall–Kier alpha value is -3.04. The summed E-state index contributed by atoms with van der Waals surface area (Å²) < 4.78 is 5.87. The van der Waals surface area contributed by atoms with Gasteiger partial charge in [0.2, 0.25) is 0 Å². The van der Waals surface area contributed by atoms with Gasteiger partial charge in [-0.25, -0.2) is 0 Å². The molecule has 0 aliphatic rings. The normalized spacial score (nSPS) is 12.0. The summed E-state index contributed by atoms with van der Waals surface area (Å²) in [6.45, 7) is 5.84. The van der Waals surface area contributed by atoms with Crippen LogP contribution < -0.4 is 4.74 Å². The van der Waals surface area contributed by atoms with E-state index in [0.29, 0.717) is 6.61 Å². The number of phenolic OH excluding ortho intramolecular Hbond substituents is 1. The summed E-state index contributed by atoms with van der Waals surface area (Å²) in [6, 6.07) is 24.5. The Morgan fingerprint density at radius 3 is 1.87 bits per heavy atom. The lowest BCUT2D eigenvalue weighted by Gasteiger charge is -2.17. The van der Waals surface area contributed by atoms with Crippen LogP contribution in [0.2, 0.25) is 0 Å². The Morgan fingerprint density at radius 1 is 0.800 bits per heavy atom. The number of aromatic hydroxyl groups is 1. The van der Waals surface area contributed by atoms with Gasteiger partial charge in [-0.05, 0) is 79.5 Å². The van der Waals surface area contributed by atoms with E-state index in [1.54, 1.807) is 12.1 Å². The van der Waals surface area contributed by atoms with Gasteiger partial charge in [0.25, 0.3) is 0 Å². The predicted molar refractivity (Wildman–Crippen MR) is 126 cm³/mol. The molecule has 3 nitrogen and oxygen atoms in total. The van der Waals surface area contributed by atoms with Crippen LogP contribution in [0.1, 0.15) is 35.6 Å². The van der Waals surface area contributed by atoms with Crippen molar-refractivity contribution >= 4 is 11.1 Å². The van der Waals surface area contributed by atoms with E-state index in [1.165, 1.54) is 22.3 Å². The van der Waals surface area contributed by atoms with Crippen LogP contribution in [0.15, 0.2) is 72.8 Å². The summed E-state index contributed by atoms with van der Waals surface area (Å²) in [4.78, 5) is 2.11. The fourth-order valence-corrected chi connectivity index (χ4v) is 3.49. The molecule has 1 N–H and O–H groups in total. The van der Waals surface area contributed by atoms with Crippen molar-refractivity contribution in [3.8, 4) is 11.5 Å². The molecule has 0 fully saturated rings. The zero-order chi connectivity index (χ0) is 21.5. The monoisotopic (exact) mass is 401 g/mol. The fourth-order valence-electron chi connectivity index (χ4n) is 3.49. The van der Waals surface area contributed by atoms with Crippen LogP contribution in [-0.2, 0) is 0 Å². The lowest BCUT2D eigenvalue weighted by molar-refractivity contribution is 0.261. The quantitative estimate of drug-likeness (QED) is 0.469. The zero-order valence-corrected chi connectivity index (χ0v) is 18.4. The summed E-state index contributed by atoms with van der Waals surface area (Å²) in [6.07, 6.45) is 0.903. The molecule has 3 rings (SSSR count). The van der Waals surface area contributed by atoms with Crippen molar-refractivity contribution in [2.75, 3.05) is 27.2 Å². The Bertz CT molecular complexity index is 969. The molecule has 0 aliphatic heterocycles. The lowest BCUT2D eigenvalue weighted by Crippen LogP contribution is -2.19. The van der Waals surface area contributed by atoms with E-state index < -0.39 is 0 Å². The van der Waals surface area contributed by atoms with Crippen LogP contribution in [0, 0.1) is 6.92 Å². The molecule has 0 aliphatic carbocycles. The summed E-state index contributed by atoms with van der Waals surface area (Å²) in [5, 5.41) is 9.77. The number of nitrogens with zero attached hydrogens (tertiary/aromatic N) is 1. The van der Waals surface area contributed by atoms with Gasteiger partial charge in [0, 0.05) is 6.54 Å². The first kappa shape index (κ1) is 21.7. The Kier molecular flexibility index (Phi) is 7.31. The molecule has 0 spiro atoms. The zero-order valence-electron chi connectivity index (χ0n) is 18.4. The molecule has 0 saturated carbocycles. The molecule has 0 radical (unpaired) electrons. The molecule has 0 aromatic heterocycles. The number of rotatable bonds is 8. The van der Waals surface area contributed by atoms with Crippen LogP contribution in [-0.4, -0.2) is 37.3 Å². The fraction of sp³-hybridized carbons (Fsp3) is 0.259. The first-order valence-electron chi connectivity index (χ1n) is 10.5. The summed E-state index contributed by atoms with van der Waals surface area (Å²) in [5.74, 6) is 1.15. The van der Waals surface area contributed by atoms with Crippen LogP contribution in [0.5, 0.6) is 11.5 Å². The van der Waals surface area contributed by atoms with Gasteiger partial charge in [0.15, 0.2) is 0 Å². The van der Waals surface area contributed by atoms with Gasteiger partial charge < -0.3 is 14.7 Å². The molecule has 0 saturated heterocycles. The highest BCUT2D eigenvalue weighted by Crippen LogP contribution is 2.35. The van der Waals surface area contributed by atoms with Gasteiger partial charge in [-0.3, -0.25) is 0 Å². The average molecular weight is 402 g/mol. The molecule has 156 valence electrons. The van der Waals surface area contributed by atoms with Crippen molar-refractivity contribution < 1.29 is 9.84 Å². The van der Waals surface area contributed by atoms with E-state index in [0.717, 1.165) is 29.8 Å². The number of ether oxygens (including phenoxy) is 1. The Morgan fingerprint density at radius 2 is 1.33 bits per heavy atom. The third-order valence-corrected chi connectivity index (χ3v) is 5.16. The smallest absolute Gasteiger partial charge is 0.119 e. The van der Waals surface area contributed by atoms with Crippen molar-refractivity contribution in [3.05, 3.63) is 95.1 Å². The van der Waals surface area contributed by atoms with Gasteiger partial charge in [-0.1, -0.05) is 61.0 Å². The number of allylic oxidation sites excluding steroid dienone is 1. The number of phenols is 1. The minimum atomic E-state index is 0.274. The van der Waals surface area contributed by atoms with Crippen molar-refractivity contribution in [1.29, 1.82) is 0 Å². The number of likely N-dealkylation sites (N-methyl/N-ethyl adjacent to an activating group) is 1. The molecule has 30 heavy (non-hydrogen) atoms. The first-order valence-corrected chi connectivity index (χ1v) is 10.5. The SMILES string of the molecule is CC/C(=C(\c1ccc(O)cc1)c1ccc(OCCN(C)C)cc1)c1ccc(C)cc1. The highest BCUT2D eigenvalue weighted by molar-refractivity contribution is 5.98. The third-order valence-electron chi connectivity index (χ3n) is 5.16. The highest BCUT2D eigenvalue weighted by atomic mass is 16.5. The molecule has 0 bridgehead atoms. The van der Waals surface area contributed by atoms with E-state index >= 15 is 0 Å². The average Bonchev–Trinajstić information content (AvgIpc) is 2.74. The van der Waals surface area contributed by atoms with Gasteiger partial charge in [-0.2, -0.15) is 0 Å². The largest absolute Gasteiger partial charge is 0.508 e. The number of hydrogen-bond donors (Lipinski definition) is 1. The summed E-state index contributed by atoms with van der Waals surface area (Å²) >= 11 is 0. The molecule has 3 heteroatoms. The van der Waals surface area contributed by atoms with E-state index in [1.807, 2.05) is 38.4 Å². The van der Waals surface area contributed by atoms with Crippen LogP contribution in [0.25, 0.3) is 11.1 Å². The van der Waals surface area contributed by atoms with Crippen LogP contribution in [0.4, 0.5) is 0 Å². The molecule has 0 amide bonds. The van der Waals surface area contributed by atoms with Gasteiger partial charge in [0.05, 0.1) is 0 Å². The second-order valence-corrected chi connectivity index (χ2v) is 7.80. The van der Waals surface area contributed by atoms with E-state index in [-0.39, 0.29) is 5.75 Å². The Balaban J connectivity index is 2.03. The summed E-state index contributed by atoms with van der Waals surface area (Å²) in [5.41, 5.74) is 7.16. The molecular weight excluding hydrogens is 370 g/mol. The molecule has 0 unspecified atom stereocenters. The molecule has 3 aromatic carbocycles. The topological polar surface area (TPSA) is 32.7 Å². The second kappa shape index (κ2) is 10.1. The van der Waals surface area contributed by atoms with Gasteiger partial charge >= 0.3 is 0 Å². The minimum Gasteiger partial charge on any atom is -0.508 e. The van der Waals surface area contributed by atoms with Gasteiger partial charge in [0.1, 0.15) is 18.1 Å². The van der Waals surface area contributed by atoms with Crippen molar-refractivity contribution in [3.63, 3.8) is 0 Å². The second-order valence-electron chi connectivity index (χ2n) is 7.80. The number of benzene rings is 3. The maximum atomic E-state index is 9.77. The van der Waals surface area contributed by atoms with E-state index in [4.69, 9.17) is 4.74 Å². The molecule has 3 aromatic rings. The number of hydrogen-bond acceptors (Lipinski definition) is 3. The molecule has 0 heterocycles. The predicted octanol–water partition coefficient (Wildman–Crippen LogP) is 6.01. The maximum absolute atomic E-state index is 9.77. The summed E-state index contributed by atoms with van der Waals surface area (Å²) in [7, 11) is 4.08. The lowest BCUT2D eigenvalue weighted by atomic mass is 9.88.